The van der Waals surface area contributed by atoms with Crippen molar-refractivity contribution in [2.24, 2.45) is 11.8 Å². The first kappa shape index (κ1) is 8.75. The second-order valence-corrected chi connectivity index (χ2v) is 5.21. The number of hydrogen-bond acceptors (Lipinski definition) is 1. The Labute approximate surface area is 85.7 Å². The van der Waals surface area contributed by atoms with E-state index in [1.165, 1.54) is 32.1 Å². The van der Waals surface area contributed by atoms with E-state index in [4.69, 9.17) is 0 Å². The number of rotatable bonds is 2. The summed E-state index contributed by atoms with van der Waals surface area (Å²) >= 11 is 0. The van der Waals surface area contributed by atoms with Gasteiger partial charge in [0.15, 0.2) is 0 Å². The number of amides is 1. The molecule has 0 N–H and O–H groups in total. The Morgan fingerprint density at radius 2 is 1.79 bits per heavy atom. The lowest BCUT2D eigenvalue weighted by molar-refractivity contribution is -0.139. The van der Waals surface area contributed by atoms with E-state index in [1.807, 2.05) is 0 Å². The molecule has 0 aromatic rings. The lowest BCUT2D eigenvalue weighted by Gasteiger charge is -2.32. The van der Waals surface area contributed by atoms with Gasteiger partial charge >= 0.3 is 0 Å². The van der Waals surface area contributed by atoms with Crippen molar-refractivity contribution in [1.29, 1.82) is 0 Å². The van der Waals surface area contributed by atoms with Gasteiger partial charge in [0.05, 0.1) is 0 Å². The van der Waals surface area contributed by atoms with Crippen LogP contribution in [0.5, 0.6) is 0 Å². The molecule has 3 aliphatic rings. The zero-order chi connectivity index (χ0) is 9.54. The van der Waals surface area contributed by atoms with Gasteiger partial charge in [0.1, 0.15) is 0 Å². The van der Waals surface area contributed by atoms with Crippen molar-refractivity contribution in [3.8, 4) is 0 Å². The molecule has 1 aliphatic heterocycles. The van der Waals surface area contributed by atoms with Crippen molar-refractivity contribution >= 4 is 5.91 Å². The topological polar surface area (TPSA) is 20.3 Å². The summed E-state index contributed by atoms with van der Waals surface area (Å²) in [6, 6.07) is 0.642. The first-order chi connectivity index (χ1) is 6.86. The Morgan fingerprint density at radius 3 is 2.36 bits per heavy atom. The molecule has 1 unspecified atom stereocenters. The van der Waals surface area contributed by atoms with Crippen LogP contribution in [0.2, 0.25) is 0 Å². The van der Waals surface area contributed by atoms with Crippen LogP contribution in [0.4, 0.5) is 0 Å². The largest absolute Gasteiger partial charge is 0.339 e. The smallest absolute Gasteiger partial charge is 0.225 e. The minimum atomic E-state index is 0.411. The first-order valence-electron chi connectivity index (χ1n) is 6.17. The zero-order valence-corrected chi connectivity index (χ0v) is 8.74. The Kier molecular flexibility index (Phi) is 2.03. The van der Waals surface area contributed by atoms with Gasteiger partial charge in [-0.2, -0.15) is 0 Å². The Bertz CT molecular complexity index is 243. The number of carbonyl (C=O) groups excluding carboxylic acids is 1. The van der Waals surface area contributed by atoms with E-state index >= 15 is 0 Å². The van der Waals surface area contributed by atoms with E-state index in [1.54, 1.807) is 0 Å². The number of nitrogens with zero attached hydrogens (tertiary/aromatic N) is 1. The van der Waals surface area contributed by atoms with E-state index in [-0.39, 0.29) is 0 Å². The van der Waals surface area contributed by atoms with Crippen LogP contribution in [0.3, 0.4) is 0 Å². The molecular formula is C12H19NO. The lowest BCUT2D eigenvalue weighted by Crippen LogP contribution is -2.42. The molecule has 0 aromatic heterocycles. The van der Waals surface area contributed by atoms with Crippen molar-refractivity contribution in [2.45, 2.75) is 51.0 Å². The maximum Gasteiger partial charge on any atom is 0.225 e. The quantitative estimate of drug-likeness (QED) is 0.658. The molecule has 3 rings (SSSR count). The molecule has 14 heavy (non-hydrogen) atoms. The molecule has 0 bridgehead atoms. The van der Waals surface area contributed by atoms with Crippen molar-refractivity contribution in [3.63, 3.8) is 0 Å². The Morgan fingerprint density at radius 1 is 1.00 bits per heavy atom. The Hall–Kier alpha value is -0.530. The minimum absolute atomic E-state index is 0.411. The fraction of sp³-hybridized carbons (Fsp3) is 0.917. The van der Waals surface area contributed by atoms with Gasteiger partial charge in [0.25, 0.3) is 0 Å². The predicted octanol–water partition coefficient (Wildman–Crippen LogP) is 2.19. The third-order valence-electron chi connectivity index (χ3n) is 4.20. The number of carbonyl (C=O) groups is 1. The molecule has 2 heteroatoms. The summed E-state index contributed by atoms with van der Waals surface area (Å²) in [6.45, 7) is 1.05. The molecule has 1 saturated heterocycles. The highest BCUT2D eigenvalue weighted by molar-refractivity contribution is 5.80. The summed E-state index contributed by atoms with van der Waals surface area (Å²) in [5.74, 6) is 1.78. The molecule has 2 nitrogen and oxygen atoms in total. The van der Waals surface area contributed by atoms with Crippen LogP contribution >= 0.6 is 0 Å². The van der Waals surface area contributed by atoms with E-state index in [0.717, 1.165) is 25.3 Å². The predicted molar refractivity (Wildman–Crippen MR) is 54.8 cm³/mol. The first-order valence-corrected chi connectivity index (χ1v) is 6.17. The zero-order valence-electron chi connectivity index (χ0n) is 8.74. The second kappa shape index (κ2) is 3.25. The average Bonchev–Trinajstić information content (AvgIpc) is 2.80. The summed E-state index contributed by atoms with van der Waals surface area (Å²) in [5.41, 5.74) is 0. The Balaban J connectivity index is 1.66. The van der Waals surface area contributed by atoms with E-state index in [2.05, 4.69) is 4.90 Å². The molecule has 0 radical (unpaired) electrons. The van der Waals surface area contributed by atoms with Crippen molar-refractivity contribution in [3.05, 3.63) is 0 Å². The number of hydrogen-bond donors (Lipinski definition) is 0. The van der Waals surface area contributed by atoms with E-state index in [9.17, 15) is 4.79 Å². The van der Waals surface area contributed by atoms with Gasteiger partial charge in [-0.15, -0.1) is 0 Å². The van der Waals surface area contributed by atoms with Crippen LogP contribution < -0.4 is 0 Å². The van der Waals surface area contributed by atoms with Crippen LogP contribution in [0, 0.1) is 11.8 Å². The molecule has 3 fully saturated rings. The van der Waals surface area contributed by atoms with Crippen LogP contribution in [-0.2, 0) is 4.79 Å². The van der Waals surface area contributed by atoms with Gasteiger partial charge < -0.3 is 4.90 Å². The van der Waals surface area contributed by atoms with Gasteiger partial charge in [-0.25, -0.2) is 0 Å². The van der Waals surface area contributed by atoms with Crippen molar-refractivity contribution in [2.75, 3.05) is 6.54 Å². The highest BCUT2D eigenvalue weighted by atomic mass is 16.2. The molecule has 2 saturated carbocycles. The summed E-state index contributed by atoms with van der Waals surface area (Å²) < 4.78 is 0. The normalized spacial score (nSPS) is 33.1. The molecule has 1 heterocycles. The summed E-state index contributed by atoms with van der Waals surface area (Å²) in [6.07, 6.45) is 8.87. The van der Waals surface area contributed by atoms with Crippen LogP contribution in [0.1, 0.15) is 44.9 Å². The highest BCUT2D eigenvalue weighted by Gasteiger charge is 2.42. The van der Waals surface area contributed by atoms with Crippen LogP contribution in [-0.4, -0.2) is 23.4 Å². The molecule has 0 spiro atoms. The minimum Gasteiger partial charge on any atom is -0.339 e. The average molecular weight is 193 g/mol. The monoisotopic (exact) mass is 193 g/mol. The van der Waals surface area contributed by atoms with Gasteiger partial charge in [0, 0.05) is 18.5 Å². The van der Waals surface area contributed by atoms with E-state index < -0.39 is 0 Å². The summed E-state index contributed by atoms with van der Waals surface area (Å²) in [7, 11) is 0. The second-order valence-electron chi connectivity index (χ2n) is 5.21. The molecule has 78 valence electrons. The van der Waals surface area contributed by atoms with Crippen LogP contribution in [0.25, 0.3) is 0 Å². The molecule has 1 atom stereocenters. The maximum atomic E-state index is 12.1. The molecule has 0 aromatic carbocycles. The number of likely N-dealkylation sites (tertiary alicyclic amines) is 1. The van der Waals surface area contributed by atoms with Gasteiger partial charge in [-0.1, -0.05) is 6.42 Å². The SMILES string of the molecule is O=C(C1CCC1)N1CCCC1C1CC1. The molecule has 2 aliphatic carbocycles. The van der Waals surface area contributed by atoms with Crippen molar-refractivity contribution < 1.29 is 4.79 Å². The fourth-order valence-corrected chi connectivity index (χ4v) is 2.93. The van der Waals surface area contributed by atoms with Gasteiger partial charge in [0.2, 0.25) is 5.91 Å². The van der Waals surface area contributed by atoms with Crippen LogP contribution in [0.15, 0.2) is 0 Å². The van der Waals surface area contributed by atoms with E-state index in [0.29, 0.717) is 17.9 Å². The third-order valence-corrected chi connectivity index (χ3v) is 4.20. The van der Waals surface area contributed by atoms with Gasteiger partial charge in [-0.3, -0.25) is 4.79 Å². The third kappa shape index (κ3) is 1.35. The highest BCUT2D eigenvalue weighted by Crippen LogP contribution is 2.41. The lowest BCUT2D eigenvalue weighted by atomic mass is 9.84. The van der Waals surface area contributed by atoms with Gasteiger partial charge in [-0.05, 0) is 44.4 Å². The summed E-state index contributed by atoms with van der Waals surface area (Å²) in [4.78, 5) is 14.3. The maximum absolute atomic E-state index is 12.1. The molecule has 1 amide bonds. The van der Waals surface area contributed by atoms with Crippen molar-refractivity contribution in [1.82, 2.24) is 4.90 Å². The fourth-order valence-electron chi connectivity index (χ4n) is 2.93. The standard InChI is InChI=1S/C12H19NO/c14-12(10-3-1-4-10)13-8-2-5-11(13)9-6-7-9/h9-11H,1-8H2. The molecular weight excluding hydrogens is 174 g/mol. The summed E-state index contributed by atoms with van der Waals surface area (Å²) in [5, 5.41) is 0.